The highest BCUT2D eigenvalue weighted by Gasteiger charge is 2.25. The summed E-state index contributed by atoms with van der Waals surface area (Å²) < 4.78 is 32.7. The molecule has 0 bridgehead atoms. The first-order valence-electron chi connectivity index (χ1n) is 5.93. The van der Waals surface area contributed by atoms with Crippen LogP contribution < -0.4 is 10.1 Å². The maximum atomic E-state index is 12.0. The lowest BCUT2D eigenvalue weighted by atomic mass is 10.2. The van der Waals surface area contributed by atoms with Gasteiger partial charge in [0, 0.05) is 18.9 Å². The second kappa shape index (κ2) is 5.49. The summed E-state index contributed by atoms with van der Waals surface area (Å²) >= 11 is 0. The molecule has 1 aromatic carbocycles. The summed E-state index contributed by atoms with van der Waals surface area (Å²) in [6, 6.07) is 4.54. The van der Waals surface area contributed by atoms with Crippen LogP contribution in [0.15, 0.2) is 27.5 Å². The van der Waals surface area contributed by atoms with Crippen LogP contribution in [0.1, 0.15) is 19.3 Å². The van der Waals surface area contributed by atoms with Gasteiger partial charge in [0.05, 0.1) is 12.8 Å². The molecule has 0 unspecified atom stereocenters. The summed E-state index contributed by atoms with van der Waals surface area (Å²) in [5.41, 5.74) is 0.393. The van der Waals surface area contributed by atoms with E-state index in [1.807, 2.05) is 0 Å². The molecule has 1 aliphatic heterocycles. The smallest absolute Gasteiger partial charge is 0.303 e. The number of carbonyl (C=O) groups is 1. The maximum absolute atomic E-state index is 12.0. The fourth-order valence-electron chi connectivity index (χ4n) is 1.85. The van der Waals surface area contributed by atoms with E-state index in [1.54, 1.807) is 12.1 Å². The van der Waals surface area contributed by atoms with E-state index in [9.17, 15) is 13.2 Å². The SMILES string of the molecule is COc1ccc2c(c1)NC(CCCC(=O)O)=NS2(=O)=O. The van der Waals surface area contributed by atoms with Gasteiger partial charge >= 0.3 is 5.97 Å². The number of ether oxygens (including phenoxy) is 1. The molecule has 108 valence electrons. The molecule has 1 aromatic rings. The van der Waals surface area contributed by atoms with Crippen molar-refractivity contribution < 1.29 is 23.1 Å². The average molecular weight is 298 g/mol. The van der Waals surface area contributed by atoms with Crippen LogP contribution in [0, 0.1) is 0 Å². The van der Waals surface area contributed by atoms with E-state index in [0.29, 0.717) is 17.9 Å². The topological polar surface area (TPSA) is 105 Å². The Morgan fingerprint density at radius 1 is 1.45 bits per heavy atom. The van der Waals surface area contributed by atoms with Gasteiger partial charge in [-0.05, 0) is 18.6 Å². The summed E-state index contributed by atoms with van der Waals surface area (Å²) in [5, 5.41) is 11.5. The van der Waals surface area contributed by atoms with Crippen LogP contribution in [0.25, 0.3) is 0 Å². The molecule has 0 saturated carbocycles. The predicted molar refractivity (Wildman–Crippen MR) is 72.7 cm³/mol. The molecule has 2 N–H and O–H groups in total. The Bertz CT molecular complexity index is 666. The highest BCUT2D eigenvalue weighted by molar-refractivity contribution is 7.90. The fourth-order valence-corrected chi connectivity index (χ4v) is 3.00. The molecule has 0 aromatic heterocycles. The van der Waals surface area contributed by atoms with Crippen LogP contribution in [0.4, 0.5) is 5.69 Å². The minimum atomic E-state index is -3.74. The Morgan fingerprint density at radius 2 is 2.20 bits per heavy atom. The van der Waals surface area contributed by atoms with E-state index in [-0.39, 0.29) is 23.6 Å². The summed E-state index contributed by atoms with van der Waals surface area (Å²) in [6.45, 7) is 0. The van der Waals surface area contributed by atoms with Crippen molar-refractivity contribution in [2.24, 2.45) is 4.40 Å². The highest BCUT2D eigenvalue weighted by Crippen LogP contribution is 2.31. The third-order valence-electron chi connectivity index (χ3n) is 2.78. The van der Waals surface area contributed by atoms with Gasteiger partial charge in [-0.2, -0.15) is 8.42 Å². The third kappa shape index (κ3) is 3.08. The summed E-state index contributed by atoms with van der Waals surface area (Å²) in [4.78, 5) is 10.5. The summed E-state index contributed by atoms with van der Waals surface area (Å²) in [6.07, 6.45) is 0.532. The first-order valence-corrected chi connectivity index (χ1v) is 7.37. The molecular weight excluding hydrogens is 284 g/mol. The lowest BCUT2D eigenvalue weighted by molar-refractivity contribution is -0.137. The number of fused-ring (bicyclic) bond motifs is 1. The molecule has 0 atom stereocenters. The number of nitrogens with zero attached hydrogens (tertiary/aromatic N) is 1. The Hall–Kier alpha value is -2.09. The van der Waals surface area contributed by atoms with E-state index >= 15 is 0 Å². The molecule has 0 radical (unpaired) electrons. The molecule has 1 heterocycles. The molecular formula is C12H14N2O5S. The van der Waals surface area contributed by atoms with Crippen molar-refractivity contribution in [1.29, 1.82) is 0 Å². The van der Waals surface area contributed by atoms with Crippen molar-refractivity contribution in [2.75, 3.05) is 12.4 Å². The Labute approximate surface area is 116 Å². The maximum Gasteiger partial charge on any atom is 0.303 e. The molecule has 0 fully saturated rings. The van der Waals surface area contributed by atoms with Gasteiger partial charge in [0.25, 0.3) is 10.0 Å². The van der Waals surface area contributed by atoms with Crippen LogP contribution in [-0.4, -0.2) is 32.4 Å². The van der Waals surface area contributed by atoms with E-state index in [1.165, 1.54) is 13.2 Å². The van der Waals surface area contributed by atoms with E-state index in [2.05, 4.69) is 9.71 Å². The number of benzene rings is 1. The molecule has 2 rings (SSSR count). The lowest BCUT2D eigenvalue weighted by Gasteiger charge is -2.18. The number of carboxylic acids is 1. The number of aliphatic carboxylic acids is 1. The molecule has 0 amide bonds. The lowest BCUT2D eigenvalue weighted by Crippen LogP contribution is -2.21. The van der Waals surface area contributed by atoms with Crippen molar-refractivity contribution in [3.8, 4) is 5.75 Å². The minimum absolute atomic E-state index is 0.0360. The summed E-state index contributed by atoms with van der Waals surface area (Å²) in [7, 11) is -2.26. The number of sulfonamides is 1. The molecule has 0 spiro atoms. The van der Waals surface area contributed by atoms with Gasteiger partial charge < -0.3 is 15.2 Å². The zero-order valence-corrected chi connectivity index (χ0v) is 11.6. The number of methoxy groups -OCH3 is 1. The van der Waals surface area contributed by atoms with E-state index in [0.717, 1.165) is 0 Å². The number of carboxylic acid groups (broad SMARTS) is 1. The number of nitrogens with one attached hydrogen (secondary N) is 1. The van der Waals surface area contributed by atoms with Crippen LogP contribution in [0.3, 0.4) is 0 Å². The highest BCUT2D eigenvalue weighted by atomic mass is 32.2. The average Bonchev–Trinajstić information content (AvgIpc) is 2.36. The Balaban J connectivity index is 2.23. The minimum Gasteiger partial charge on any atom is -0.497 e. The molecule has 8 heteroatoms. The van der Waals surface area contributed by atoms with Gasteiger partial charge in [-0.25, -0.2) is 0 Å². The van der Waals surface area contributed by atoms with Crippen LogP contribution in [0.2, 0.25) is 0 Å². The van der Waals surface area contributed by atoms with Gasteiger partial charge in [0.15, 0.2) is 0 Å². The quantitative estimate of drug-likeness (QED) is 0.852. The fraction of sp³-hybridized carbons (Fsp3) is 0.333. The van der Waals surface area contributed by atoms with Crippen LogP contribution in [0.5, 0.6) is 5.75 Å². The third-order valence-corrected chi connectivity index (χ3v) is 4.15. The molecule has 1 aliphatic rings. The second-order valence-electron chi connectivity index (χ2n) is 4.25. The van der Waals surface area contributed by atoms with Crippen molar-refractivity contribution in [1.82, 2.24) is 0 Å². The van der Waals surface area contributed by atoms with Crippen LogP contribution in [-0.2, 0) is 14.8 Å². The Morgan fingerprint density at radius 3 is 2.85 bits per heavy atom. The van der Waals surface area contributed by atoms with Crippen molar-refractivity contribution in [2.45, 2.75) is 24.2 Å². The standard InChI is InChI=1S/C12H14N2O5S/c1-19-8-5-6-10-9(7-8)13-11(14-20(10,17)18)3-2-4-12(15)16/h5-7H,2-4H2,1H3,(H,13,14)(H,15,16). The van der Waals surface area contributed by atoms with Crippen molar-refractivity contribution >= 4 is 27.5 Å². The second-order valence-corrected chi connectivity index (χ2v) is 5.82. The predicted octanol–water partition coefficient (Wildman–Crippen LogP) is 1.46. The number of anilines is 1. The zero-order valence-electron chi connectivity index (χ0n) is 10.8. The van der Waals surface area contributed by atoms with Crippen molar-refractivity contribution in [3.63, 3.8) is 0 Å². The first kappa shape index (κ1) is 14.3. The largest absolute Gasteiger partial charge is 0.497 e. The normalized spacial score (nSPS) is 15.8. The first-order chi connectivity index (χ1) is 9.42. The van der Waals surface area contributed by atoms with E-state index in [4.69, 9.17) is 9.84 Å². The molecule has 0 aliphatic carbocycles. The molecule has 20 heavy (non-hydrogen) atoms. The number of amidine groups is 1. The van der Waals surface area contributed by atoms with Crippen molar-refractivity contribution in [3.05, 3.63) is 18.2 Å². The van der Waals surface area contributed by atoms with Gasteiger partial charge in [-0.15, -0.1) is 4.40 Å². The number of rotatable bonds is 5. The zero-order chi connectivity index (χ0) is 14.8. The van der Waals surface area contributed by atoms with Crippen LogP contribution >= 0.6 is 0 Å². The van der Waals surface area contributed by atoms with E-state index < -0.39 is 16.0 Å². The van der Waals surface area contributed by atoms with Gasteiger partial charge in [-0.1, -0.05) is 0 Å². The summed E-state index contributed by atoms with van der Waals surface area (Å²) in [5.74, 6) is -0.156. The Kier molecular flexibility index (Phi) is 3.93. The monoisotopic (exact) mass is 298 g/mol. The molecule has 0 saturated heterocycles. The van der Waals surface area contributed by atoms with Gasteiger partial charge in [0.1, 0.15) is 16.5 Å². The van der Waals surface area contributed by atoms with Gasteiger partial charge in [-0.3, -0.25) is 4.79 Å². The van der Waals surface area contributed by atoms with Gasteiger partial charge in [0.2, 0.25) is 0 Å². The number of hydrogen-bond donors (Lipinski definition) is 2. The number of hydrogen-bond acceptors (Lipinski definition) is 5. The molecule has 7 nitrogen and oxygen atoms in total.